The number of rotatable bonds is 5. The van der Waals surface area contributed by atoms with Gasteiger partial charge in [-0.15, -0.1) is 0 Å². The van der Waals surface area contributed by atoms with Gasteiger partial charge in [0.2, 0.25) is 0 Å². The summed E-state index contributed by atoms with van der Waals surface area (Å²) in [6.07, 6.45) is 7.70. The third-order valence-corrected chi connectivity index (χ3v) is 4.47. The Kier molecular flexibility index (Phi) is 4.76. The Morgan fingerprint density at radius 3 is 2.42 bits per heavy atom. The zero-order valence-electron chi connectivity index (χ0n) is 12.1. The average molecular weight is 259 g/mol. The van der Waals surface area contributed by atoms with Gasteiger partial charge in [-0.3, -0.25) is 0 Å². The summed E-state index contributed by atoms with van der Waals surface area (Å²) in [5.74, 6) is 0. The van der Waals surface area contributed by atoms with Gasteiger partial charge in [-0.25, -0.2) is 0 Å². The van der Waals surface area contributed by atoms with Crippen molar-refractivity contribution in [2.24, 2.45) is 0 Å². The Labute approximate surface area is 116 Å². The highest BCUT2D eigenvalue weighted by atomic mass is 16.1. The topological polar surface area (TPSA) is 20.3 Å². The van der Waals surface area contributed by atoms with Crippen molar-refractivity contribution in [1.29, 1.82) is 0 Å². The van der Waals surface area contributed by atoms with Gasteiger partial charge >= 0.3 is 0 Å². The van der Waals surface area contributed by atoms with E-state index in [2.05, 4.69) is 31.0 Å². The first-order valence-corrected chi connectivity index (χ1v) is 7.38. The zero-order valence-corrected chi connectivity index (χ0v) is 12.1. The number of hydrogen-bond donors (Lipinski definition) is 0. The molecule has 2 rings (SSSR count). The summed E-state index contributed by atoms with van der Waals surface area (Å²) < 4.78 is 0. The van der Waals surface area contributed by atoms with E-state index >= 15 is 0 Å². The fourth-order valence-electron chi connectivity index (χ4n) is 3.18. The Morgan fingerprint density at radius 1 is 1.21 bits per heavy atom. The molecular formula is C17H25NO. The van der Waals surface area contributed by atoms with E-state index in [1.165, 1.54) is 32.1 Å². The quantitative estimate of drug-likeness (QED) is 0.755. The van der Waals surface area contributed by atoms with Crippen molar-refractivity contribution in [3.05, 3.63) is 35.9 Å². The molecule has 0 aromatic heterocycles. The minimum absolute atomic E-state index is 0.395. The lowest BCUT2D eigenvalue weighted by molar-refractivity contribution is -0.112. The lowest BCUT2D eigenvalue weighted by atomic mass is 9.82. The Bertz CT molecular complexity index is 397. The summed E-state index contributed by atoms with van der Waals surface area (Å²) in [6.45, 7) is 2.86. The molecule has 0 bridgehead atoms. The van der Waals surface area contributed by atoms with Crippen LogP contribution in [0.15, 0.2) is 30.3 Å². The molecule has 2 nitrogen and oxygen atoms in total. The molecule has 104 valence electrons. The molecule has 0 spiro atoms. The van der Waals surface area contributed by atoms with Gasteiger partial charge in [-0.2, -0.15) is 0 Å². The molecule has 0 heterocycles. The highest BCUT2D eigenvalue weighted by Crippen LogP contribution is 2.27. The van der Waals surface area contributed by atoms with Gasteiger partial charge in [0.1, 0.15) is 6.29 Å². The van der Waals surface area contributed by atoms with Crippen LogP contribution in [0.4, 0.5) is 0 Å². The summed E-state index contributed by atoms with van der Waals surface area (Å²) in [7, 11) is 2.17. The van der Waals surface area contributed by atoms with Crippen molar-refractivity contribution in [3.63, 3.8) is 0 Å². The standard InChI is InChI=1S/C17H25NO/c1-17(14-19,15-9-5-3-6-10-15)13-18(2)16-11-7-4-8-12-16/h3,5-6,9-10,14,16H,4,7-8,11-13H2,1-2H3. The second kappa shape index (κ2) is 6.33. The van der Waals surface area contributed by atoms with Crippen LogP contribution in [0.2, 0.25) is 0 Å². The zero-order chi connectivity index (χ0) is 13.7. The second-order valence-electron chi connectivity index (χ2n) is 6.11. The van der Waals surface area contributed by atoms with Crippen LogP contribution in [-0.2, 0) is 10.2 Å². The minimum Gasteiger partial charge on any atom is -0.302 e. The molecule has 1 saturated carbocycles. The number of benzene rings is 1. The van der Waals surface area contributed by atoms with E-state index in [4.69, 9.17) is 0 Å². The van der Waals surface area contributed by atoms with Crippen LogP contribution in [0.1, 0.15) is 44.6 Å². The molecule has 1 aromatic carbocycles. The molecule has 0 saturated heterocycles. The van der Waals surface area contributed by atoms with Crippen molar-refractivity contribution in [1.82, 2.24) is 4.90 Å². The molecule has 1 aromatic rings. The van der Waals surface area contributed by atoms with Crippen LogP contribution in [-0.4, -0.2) is 30.8 Å². The van der Waals surface area contributed by atoms with Gasteiger partial charge in [0.15, 0.2) is 0 Å². The highest BCUT2D eigenvalue weighted by Gasteiger charge is 2.30. The Morgan fingerprint density at radius 2 is 1.84 bits per heavy atom. The predicted molar refractivity (Wildman–Crippen MR) is 79.4 cm³/mol. The fraction of sp³-hybridized carbons (Fsp3) is 0.588. The molecule has 1 atom stereocenters. The summed E-state index contributed by atoms with van der Waals surface area (Å²) in [4.78, 5) is 14.0. The third kappa shape index (κ3) is 3.44. The predicted octanol–water partition coefficient (Wildman–Crippen LogP) is 3.41. The SMILES string of the molecule is CN(CC(C)(C=O)c1ccccc1)C1CCCCC1. The van der Waals surface area contributed by atoms with E-state index in [1.54, 1.807) is 0 Å². The first kappa shape index (κ1) is 14.3. The van der Waals surface area contributed by atoms with Gasteiger partial charge in [0.05, 0.1) is 5.41 Å². The Balaban J connectivity index is 2.07. The number of nitrogens with zero attached hydrogens (tertiary/aromatic N) is 1. The van der Waals surface area contributed by atoms with Gasteiger partial charge < -0.3 is 9.69 Å². The largest absolute Gasteiger partial charge is 0.302 e. The highest BCUT2D eigenvalue weighted by molar-refractivity contribution is 5.68. The van der Waals surface area contributed by atoms with Gasteiger partial charge in [0.25, 0.3) is 0 Å². The van der Waals surface area contributed by atoms with Crippen LogP contribution in [0.3, 0.4) is 0 Å². The molecule has 1 aliphatic carbocycles. The maximum atomic E-state index is 11.6. The van der Waals surface area contributed by atoms with Crippen molar-refractivity contribution in [2.45, 2.75) is 50.5 Å². The van der Waals surface area contributed by atoms with Gasteiger partial charge in [-0.1, -0.05) is 49.6 Å². The van der Waals surface area contributed by atoms with E-state index in [0.717, 1.165) is 18.4 Å². The number of carbonyl (C=O) groups excluding carboxylic acids is 1. The van der Waals surface area contributed by atoms with E-state index in [-0.39, 0.29) is 0 Å². The minimum atomic E-state index is -0.395. The molecule has 19 heavy (non-hydrogen) atoms. The maximum Gasteiger partial charge on any atom is 0.131 e. The van der Waals surface area contributed by atoms with Crippen LogP contribution >= 0.6 is 0 Å². The monoisotopic (exact) mass is 259 g/mol. The molecule has 0 amide bonds. The molecule has 0 N–H and O–H groups in total. The molecule has 0 radical (unpaired) electrons. The molecule has 1 unspecified atom stereocenters. The summed E-state index contributed by atoms with van der Waals surface area (Å²) in [6, 6.07) is 10.8. The van der Waals surface area contributed by atoms with Crippen molar-refractivity contribution in [3.8, 4) is 0 Å². The van der Waals surface area contributed by atoms with Crippen LogP contribution in [0.5, 0.6) is 0 Å². The number of hydrogen-bond acceptors (Lipinski definition) is 2. The van der Waals surface area contributed by atoms with Gasteiger partial charge in [-0.05, 0) is 32.4 Å². The normalized spacial score (nSPS) is 20.2. The van der Waals surface area contributed by atoms with Crippen LogP contribution < -0.4 is 0 Å². The van der Waals surface area contributed by atoms with Crippen molar-refractivity contribution >= 4 is 6.29 Å². The van der Waals surface area contributed by atoms with Crippen LogP contribution in [0.25, 0.3) is 0 Å². The number of aldehydes is 1. The number of likely N-dealkylation sites (N-methyl/N-ethyl adjacent to an activating group) is 1. The first-order chi connectivity index (χ1) is 9.15. The van der Waals surface area contributed by atoms with Crippen LogP contribution in [0, 0.1) is 0 Å². The van der Waals surface area contributed by atoms with E-state index in [0.29, 0.717) is 6.04 Å². The van der Waals surface area contributed by atoms with E-state index in [1.807, 2.05) is 18.2 Å². The molecule has 1 aliphatic rings. The van der Waals surface area contributed by atoms with E-state index in [9.17, 15) is 4.79 Å². The number of carbonyl (C=O) groups is 1. The molecular weight excluding hydrogens is 234 g/mol. The smallest absolute Gasteiger partial charge is 0.131 e. The lowest BCUT2D eigenvalue weighted by Crippen LogP contribution is -2.43. The Hall–Kier alpha value is -1.15. The summed E-state index contributed by atoms with van der Waals surface area (Å²) in [5.41, 5.74) is 0.723. The summed E-state index contributed by atoms with van der Waals surface area (Å²) in [5, 5.41) is 0. The fourth-order valence-corrected chi connectivity index (χ4v) is 3.18. The summed E-state index contributed by atoms with van der Waals surface area (Å²) >= 11 is 0. The van der Waals surface area contributed by atoms with Crippen molar-refractivity contribution in [2.75, 3.05) is 13.6 Å². The third-order valence-electron chi connectivity index (χ3n) is 4.47. The maximum absolute atomic E-state index is 11.6. The molecule has 2 heteroatoms. The molecule has 1 fully saturated rings. The first-order valence-electron chi connectivity index (χ1n) is 7.38. The second-order valence-corrected chi connectivity index (χ2v) is 6.11. The lowest BCUT2D eigenvalue weighted by Gasteiger charge is -2.36. The average Bonchev–Trinajstić information content (AvgIpc) is 2.49. The van der Waals surface area contributed by atoms with Crippen molar-refractivity contribution < 1.29 is 4.79 Å². The van der Waals surface area contributed by atoms with E-state index < -0.39 is 5.41 Å². The van der Waals surface area contributed by atoms with Gasteiger partial charge in [0, 0.05) is 12.6 Å². The molecule has 0 aliphatic heterocycles.